The Morgan fingerprint density at radius 1 is 1.12 bits per heavy atom. The highest BCUT2D eigenvalue weighted by molar-refractivity contribution is 6.02. The number of benzene rings is 2. The van der Waals surface area contributed by atoms with Crippen molar-refractivity contribution in [3.63, 3.8) is 0 Å². The van der Waals surface area contributed by atoms with Gasteiger partial charge in [-0.25, -0.2) is 0 Å². The van der Waals surface area contributed by atoms with E-state index in [2.05, 4.69) is 5.32 Å². The number of nitrogens with one attached hydrogen (secondary N) is 1. The Balaban J connectivity index is 0.00000225. The Bertz CT molecular complexity index is 736. The quantitative estimate of drug-likeness (QED) is 0.860. The van der Waals surface area contributed by atoms with Gasteiger partial charge >= 0.3 is 0 Å². The predicted octanol–water partition coefficient (Wildman–Crippen LogP) is 3.26. The van der Waals surface area contributed by atoms with Crippen LogP contribution in [0.2, 0.25) is 0 Å². The maximum absolute atomic E-state index is 12.4. The van der Waals surface area contributed by atoms with Gasteiger partial charge in [-0.1, -0.05) is 42.5 Å². The smallest absolute Gasteiger partial charge is 0.227 e. The highest BCUT2D eigenvalue weighted by Crippen LogP contribution is 2.29. The van der Waals surface area contributed by atoms with Crippen molar-refractivity contribution in [3.05, 3.63) is 60.2 Å². The van der Waals surface area contributed by atoms with Gasteiger partial charge in [0, 0.05) is 25.4 Å². The minimum Gasteiger partial charge on any atom is -0.324 e. The minimum absolute atomic E-state index is 0. The average molecular weight is 360 g/mol. The van der Waals surface area contributed by atoms with Crippen molar-refractivity contribution in [1.82, 2.24) is 0 Å². The summed E-state index contributed by atoms with van der Waals surface area (Å²) in [5.41, 5.74) is 8.44. The van der Waals surface area contributed by atoms with Crippen molar-refractivity contribution in [2.75, 3.05) is 16.8 Å². The van der Waals surface area contributed by atoms with E-state index in [9.17, 15) is 9.59 Å². The molecule has 3 N–H and O–H groups in total. The van der Waals surface area contributed by atoms with E-state index in [0.717, 1.165) is 17.7 Å². The molecule has 5 nitrogen and oxygen atoms in total. The molecular weight excluding hydrogens is 338 g/mol. The molecule has 132 valence electrons. The van der Waals surface area contributed by atoms with Gasteiger partial charge in [-0.3, -0.25) is 9.59 Å². The highest BCUT2D eigenvalue weighted by Gasteiger charge is 2.24. The van der Waals surface area contributed by atoms with Gasteiger partial charge in [0.05, 0.1) is 11.4 Å². The largest absolute Gasteiger partial charge is 0.324 e. The Morgan fingerprint density at radius 2 is 1.80 bits per heavy atom. The van der Waals surface area contributed by atoms with E-state index < -0.39 is 0 Å². The van der Waals surface area contributed by atoms with Crippen LogP contribution < -0.4 is 16.0 Å². The number of hydrogen-bond donors (Lipinski definition) is 2. The molecule has 2 amide bonds. The number of nitrogens with two attached hydrogens (primary N) is 1. The van der Waals surface area contributed by atoms with Crippen molar-refractivity contribution in [2.45, 2.75) is 25.3 Å². The second-order valence-electron chi connectivity index (χ2n) is 5.94. The number of hydrogen-bond acceptors (Lipinski definition) is 3. The number of halogens is 1. The van der Waals surface area contributed by atoms with Crippen molar-refractivity contribution >= 4 is 35.6 Å². The third-order valence-corrected chi connectivity index (χ3v) is 4.18. The summed E-state index contributed by atoms with van der Waals surface area (Å²) >= 11 is 0. The molecule has 1 aliphatic rings. The minimum atomic E-state index is -0.355. The molecule has 2 aromatic carbocycles. The summed E-state index contributed by atoms with van der Waals surface area (Å²) in [6.07, 6.45) is 1.59. The molecule has 3 rings (SSSR count). The Hall–Kier alpha value is -2.37. The van der Waals surface area contributed by atoms with Gasteiger partial charge in [0.15, 0.2) is 0 Å². The molecule has 25 heavy (non-hydrogen) atoms. The lowest BCUT2D eigenvalue weighted by Gasteiger charge is -2.20. The molecule has 0 saturated carbocycles. The summed E-state index contributed by atoms with van der Waals surface area (Å²) < 4.78 is 0. The average Bonchev–Trinajstić information content (AvgIpc) is 3.02. The van der Waals surface area contributed by atoms with Crippen LogP contribution in [0.4, 0.5) is 11.4 Å². The van der Waals surface area contributed by atoms with Crippen LogP contribution in [0.5, 0.6) is 0 Å². The first-order valence-corrected chi connectivity index (χ1v) is 8.15. The first kappa shape index (κ1) is 19.0. The lowest BCUT2D eigenvalue weighted by atomic mass is 10.0. The van der Waals surface area contributed by atoms with Gasteiger partial charge in [0.2, 0.25) is 11.8 Å². The van der Waals surface area contributed by atoms with Crippen LogP contribution in [0.15, 0.2) is 54.6 Å². The standard InChI is InChI=1S/C19H21N3O2.ClH/c20-15(14-7-2-1-3-8-14)13-18(23)21-16-9-4-5-10-17(16)22-12-6-11-19(22)24;/h1-5,7-10,15H,6,11-13,20H2,(H,21,23);1H. The molecule has 1 aliphatic heterocycles. The number of anilines is 2. The van der Waals surface area contributed by atoms with Gasteiger partial charge < -0.3 is 16.0 Å². The first-order valence-electron chi connectivity index (χ1n) is 8.15. The fourth-order valence-electron chi connectivity index (χ4n) is 2.94. The summed E-state index contributed by atoms with van der Waals surface area (Å²) in [6.45, 7) is 0.690. The van der Waals surface area contributed by atoms with Crippen LogP contribution in [0.25, 0.3) is 0 Å². The molecule has 2 aromatic rings. The van der Waals surface area contributed by atoms with Crippen LogP contribution in [0, 0.1) is 0 Å². The fraction of sp³-hybridized carbons (Fsp3) is 0.263. The van der Waals surface area contributed by atoms with Crippen molar-refractivity contribution < 1.29 is 9.59 Å². The van der Waals surface area contributed by atoms with E-state index >= 15 is 0 Å². The number of para-hydroxylation sites is 2. The SMILES string of the molecule is Cl.NC(CC(=O)Nc1ccccc1N1CCCC1=O)c1ccccc1. The van der Waals surface area contributed by atoms with Crippen molar-refractivity contribution in [2.24, 2.45) is 5.73 Å². The van der Waals surface area contributed by atoms with Crippen LogP contribution in [-0.2, 0) is 9.59 Å². The van der Waals surface area contributed by atoms with Crippen LogP contribution in [0.1, 0.15) is 30.9 Å². The Labute approximate surface area is 153 Å². The van der Waals surface area contributed by atoms with Crippen molar-refractivity contribution in [3.8, 4) is 0 Å². The van der Waals surface area contributed by atoms with E-state index in [1.165, 1.54) is 0 Å². The van der Waals surface area contributed by atoms with Gasteiger partial charge in [-0.05, 0) is 24.1 Å². The topological polar surface area (TPSA) is 75.4 Å². The normalized spacial score (nSPS) is 14.8. The fourth-order valence-corrected chi connectivity index (χ4v) is 2.94. The van der Waals surface area contributed by atoms with Crippen molar-refractivity contribution in [1.29, 1.82) is 0 Å². The zero-order chi connectivity index (χ0) is 16.9. The first-order chi connectivity index (χ1) is 11.6. The van der Waals surface area contributed by atoms with Crippen LogP contribution in [0.3, 0.4) is 0 Å². The lowest BCUT2D eigenvalue weighted by molar-refractivity contribution is -0.117. The third kappa shape index (κ3) is 4.59. The molecule has 1 fully saturated rings. The number of nitrogens with zero attached hydrogens (tertiary/aromatic N) is 1. The van der Waals surface area contributed by atoms with E-state index in [4.69, 9.17) is 5.73 Å². The third-order valence-electron chi connectivity index (χ3n) is 4.18. The maximum atomic E-state index is 12.4. The molecule has 0 bridgehead atoms. The number of carbonyl (C=O) groups excluding carboxylic acids is 2. The zero-order valence-corrected chi connectivity index (χ0v) is 14.7. The number of rotatable bonds is 5. The summed E-state index contributed by atoms with van der Waals surface area (Å²) in [5, 5.41) is 2.90. The molecule has 1 saturated heterocycles. The molecule has 1 unspecified atom stereocenters. The van der Waals surface area contributed by atoms with Gasteiger partial charge in [0.25, 0.3) is 0 Å². The summed E-state index contributed by atoms with van der Waals surface area (Å²) in [4.78, 5) is 26.0. The summed E-state index contributed by atoms with van der Waals surface area (Å²) in [6, 6.07) is 16.6. The molecular formula is C19H22ClN3O2. The van der Waals surface area contributed by atoms with Gasteiger partial charge in [-0.15, -0.1) is 12.4 Å². The molecule has 1 heterocycles. The molecule has 0 aromatic heterocycles. The number of carbonyl (C=O) groups is 2. The van der Waals surface area contributed by atoms with Gasteiger partial charge in [0.1, 0.15) is 0 Å². The van der Waals surface area contributed by atoms with E-state index in [-0.39, 0.29) is 36.7 Å². The molecule has 0 radical (unpaired) electrons. The summed E-state index contributed by atoms with van der Waals surface area (Å²) in [5.74, 6) is -0.0665. The maximum Gasteiger partial charge on any atom is 0.227 e. The molecule has 0 spiro atoms. The second kappa shape index (κ2) is 8.65. The highest BCUT2D eigenvalue weighted by atomic mass is 35.5. The lowest BCUT2D eigenvalue weighted by Crippen LogP contribution is -2.26. The van der Waals surface area contributed by atoms with E-state index in [0.29, 0.717) is 18.7 Å². The zero-order valence-electron chi connectivity index (χ0n) is 13.9. The van der Waals surface area contributed by atoms with Gasteiger partial charge in [-0.2, -0.15) is 0 Å². The molecule has 1 atom stereocenters. The predicted molar refractivity (Wildman–Crippen MR) is 102 cm³/mol. The number of amides is 2. The monoisotopic (exact) mass is 359 g/mol. The Morgan fingerprint density at radius 3 is 2.48 bits per heavy atom. The van der Waals surface area contributed by atoms with Crippen LogP contribution >= 0.6 is 12.4 Å². The second-order valence-corrected chi connectivity index (χ2v) is 5.94. The van der Waals surface area contributed by atoms with Crippen LogP contribution in [-0.4, -0.2) is 18.4 Å². The Kier molecular flexibility index (Phi) is 6.56. The van der Waals surface area contributed by atoms with E-state index in [1.807, 2.05) is 54.6 Å². The van der Waals surface area contributed by atoms with E-state index in [1.54, 1.807) is 4.90 Å². The molecule has 0 aliphatic carbocycles. The summed E-state index contributed by atoms with van der Waals surface area (Å²) in [7, 11) is 0. The molecule has 6 heteroatoms.